The van der Waals surface area contributed by atoms with Gasteiger partial charge in [0.05, 0.1) is 6.54 Å². The standard InChI is InChI=1S/C15H27N5O/c1-5-8-16-13(21)10-20(4)15-12(7-3)14(17-9-6-2)18-11-19-15/h11H,5-10H2,1-4H3,(H,16,21)(H,17,18,19). The number of rotatable bonds is 9. The molecule has 118 valence electrons. The van der Waals surface area contributed by atoms with Crippen LogP contribution in [0.15, 0.2) is 6.33 Å². The van der Waals surface area contributed by atoms with Crippen molar-refractivity contribution in [2.75, 3.05) is 36.9 Å². The average Bonchev–Trinajstić information content (AvgIpc) is 2.50. The molecule has 0 spiro atoms. The molecule has 6 heteroatoms. The van der Waals surface area contributed by atoms with Gasteiger partial charge in [0.15, 0.2) is 0 Å². The van der Waals surface area contributed by atoms with Crippen molar-refractivity contribution in [2.24, 2.45) is 0 Å². The fourth-order valence-corrected chi connectivity index (χ4v) is 2.06. The molecular formula is C15H27N5O. The van der Waals surface area contributed by atoms with Gasteiger partial charge in [0.25, 0.3) is 0 Å². The molecule has 0 unspecified atom stereocenters. The van der Waals surface area contributed by atoms with Crippen LogP contribution >= 0.6 is 0 Å². The molecule has 1 heterocycles. The topological polar surface area (TPSA) is 70.2 Å². The van der Waals surface area contributed by atoms with Crippen LogP contribution in [0.1, 0.15) is 39.2 Å². The number of amides is 1. The van der Waals surface area contributed by atoms with E-state index in [1.807, 2.05) is 18.9 Å². The number of anilines is 2. The van der Waals surface area contributed by atoms with E-state index in [0.717, 1.165) is 43.0 Å². The van der Waals surface area contributed by atoms with Crippen molar-refractivity contribution in [3.05, 3.63) is 11.9 Å². The summed E-state index contributed by atoms with van der Waals surface area (Å²) >= 11 is 0. The van der Waals surface area contributed by atoms with E-state index in [9.17, 15) is 4.79 Å². The number of aromatic nitrogens is 2. The van der Waals surface area contributed by atoms with Gasteiger partial charge in [-0.05, 0) is 19.3 Å². The zero-order valence-electron chi connectivity index (χ0n) is 13.6. The first kappa shape index (κ1) is 17.2. The third kappa shape index (κ3) is 5.21. The lowest BCUT2D eigenvalue weighted by Crippen LogP contribution is -2.36. The highest BCUT2D eigenvalue weighted by Crippen LogP contribution is 2.22. The first-order valence-corrected chi connectivity index (χ1v) is 7.69. The predicted molar refractivity (Wildman–Crippen MR) is 86.8 cm³/mol. The Bertz CT molecular complexity index is 450. The Labute approximate surface area is 127 Å². The smallest absolute Gasteiger partial charge is 0.239 e. The highest BCUT2D eigenvalue weighted by molar-refractivity contribution is 5.81. The number of carbonyl (C=O) groups excluding carboxylic acids is 1. The van der Waals surface area contributed by atoms with Gasteiger partial charge in [-0.25, -0.2) is 9.97 Å². The quantitative estimate of drug-likeness (QED) is 0.727. The Kier molecular flexibility index (Phi) is 7.50. The van der Waals surface area contributed by atoms with Gasteiger partial charge >= 0.3 is 0 Å². The molecule has 0 bridgehead atoms. The molecule has 1 aromatic heterocycles. The van der Waals surface area contributed by atoms with Gasteiger partial charge in [-0.3, -0.25) is 4.79 Å². The Morgan fingerprint density at radius 1 is 1.19 bits per heavy atom. The first-order valence-electron chi connectivity index (χ1n) is 7.69. The normalized spacial score (nSPS) is 10.3. The van der Waals surface area contributed by atoms with Crippen LogP contribution in [0, 0.1) is 0 Å². The van der Waals surface area contributed by atoms with Crippen molar-refractivity contribution in [1.29, 1.82) is 0 Å². The zero-order chi connectivity index (χ0) is 15.7. The highest BCUT2D eigenvalue weighted by Gasteiger charge is 2.15. The molecule has 0 fully saturated rings. The summed E-state index contributed by atoms with van der Waals surface area (Å²) in [6, 6.07) is 0. The molecule has 1 rings (SSSR count). The van der Waals surface area contributed by atoms with Gasteiger partial charge < -0.3 is 15.5 Å². The van der Waals surface area contributed by atoms with E-state index in [2.05, 4.69) is 34.4 Å². The Morgan fingerprint density at radius 3 is 2.52 bits per heavy atom. The van der Waals surface area contributed by atoms with Gasteiger partial charge in [-0.1, -0.05) is 20.8 Å². The summed E-state index contributed by atoms with van der Waals surface area (Å²) in [6.45, 7) is 8.12. The number of hydrogen-bond donors (Lipinski definition) is 2. The summed E-state index contributed by atoms with van der Waals surface area (Å²) in [7, 11) is 1.89. The number of hydrogen-bond acceptors (Lipinski definition) is 5. The van der Waals surface area contributed by atoms with E-state index in [-0.39, 0.29) is 5.91 Å². The van der Waals surface area contributed by atoms with E-state index < -0.39 is 0 Å². The summed E-state index contributed by atoms with van der Waals surface area (Å²) < 4.78 is 0. The highest BCUT2D eigenvalue weighted by atomic mass is 16.2. The van der Waals surface area contributed by atoms with E-state index in [1.165, 1.54) is 0 Å². The first-order chi connectivity index (χ1) is 10.1. The predicted octanol–water partition coefficient (Wildman–Crippen LogP) is 1.82. The Morgan fingerprint density at radius 2 is 1.90 bits per heavy atom. The molecule has 0 aliphatic heterocycles. The van der Waals surface area contributed by atoms with Crippen LogP contribution in [0.2, 0.25) is 0 Å². The Hall–Kier alpha value is -1.85. The summed E-state index contributed by atoms with van der Waals surface area (Å²) in [6.07, 6.45) is 4.35. The molecule has 1 aromatic rings. The van der Waals surface area contributed by atoms with Crippen LogP contribution in [0.3, 0.4) is 0 Å². The maximum Gasteiger partial charge on any atom is 0.239 e. The molecular weight excluding hydrogens is 266 g/mol. The summed E-state index contributed by atoms with van der Waals surface area (Å²) in [5.74, 6) is 1.70. The maximum absolute atomic E-state index is 11.8. The fraction of sp³-hybridized carbons (Fsp3) is 0.667. The van der Waals surface area contributed by atoms with E-state index in [1.54, 1.807) is 6.33 Å². The van der Waals surface area contributed by atoms with E-state index in [0.29, 0.717) is 13.1 Å². The third-order valence-corrected chi connectivity index (χ3v) is 3.13. The van der Waals surface area contributed by atoms with Crippen molar-refractivity contribution in [3.8, 4) is 0 Å². The molecule has 6 nitrogen and oxygen atoms in total. The summed E-state index contributed by atoms with van der Waals surface area (Å²) in [5, 5.41) is 6.20. The lowest BCUT2D eigenvalue weighted by atomic mass is 10.2. The van der Waals surface area contributed by atoms with Gasteiger partial charge in [0.1, 0.15) is 18.0 Å². The molecule has 21 heavy (non-hydrogen) atoms. The van der Waals surface area contributed by atoms with E-state index >= 15 is 0 Å². The third-order valence-electron chi connectivity index (χ3n) is 3.13. The van der Waals surface area contributed by atoms with Gasteiger partial charge in [-0.15, -0.1) is 0 Å². The second-order valence-electron chi connectivity index (χ2n) is 5.01. The minimum atomic E-state index is 0.0167. The van der Waals surface area contributed by atoms with Crippen LogP contribution in [0.4, 0.5) is 11.6 Å². The SMILES string of the molecule is CCCNC(=O)CN(C)c1ncnc(NCCC)c1CC. The van der Waals surface area contributed by atoms with Crippen molar-refractivity contribution >= 4 is 17.5 Å². The fourth-order valence-electron chi connectivity index (χ4n) is 2.06. The van der Waals surface area contributed by atoms with Crippen LogP contribution in [0.5, 0.6) is 0 Å². The van der Waals surface area contributed by atoms with Crippen molar-refractivity contribution in [1.82, 2.24) is 15.3 Å². The molecule has 0 saturated heterocycles. The molecule has 0 aliphatic carbocycles. The Balaban J connectivity index is 2.82. The van der Waals surface area contributed by atoms with Crippen LogP contribution < -0.4 is 15.5 Å². The molecule has 2 N–H and O–H groups in total. The number of carbonyl (C=O) groups is 1. The summed E-state index contributed by atoms with van der Waals surface area (Å²) in [4.78, 5) is 22.4. The zero-order valence-corrected chi connectivity index (χ0v) is 13.6. The monoisotopic (exact) mass is 293 g/mol. The molecule has 0 radical (unpaired) electrons. The van der Waals surface area contributed by atoms with Crippen LogP contribution in [-0.2, 0) is 11.2 Å². The van der Waals surface area contributed by atoms with Crippen molar-refractivity contribution in [2.45, 2.75) is 40.0 Å². The molecule has 0 aliphatic rings. The largest absolute Gasteiger partial charge is 0.370 e. The second-order valence-corrected chi connectivity index (χ2v) is 5.01. The minimum Gasteiger partial charge on any atom is -0.370 e. The van der Waals surface area contributed by atoms with Crippen molar-refractivity contribution in [3.63, 3.8) is 0 Å². The van der Waals surface area contributed by atoms with Gasteiger partial charge in [-0.2, -0.15) is 0 Å². The number of likely N-dealkylation sites (N-methyl/N-ethyl adjacent to an activating group) is 1. The van der Waals surface area contributed by atoms with Crippen molar-refractivity contribution < 1.29 is 4.79 Å². The lowest BCUT2D eigenvalue weighted by Gasteiger charge is -2.21. The maximum atomic E-state index is 11.8. The molecule has 0 saturated carbocycles. The number of nitrogens with one attached hydrogen (secondary N) is 2. The minimum absolute atomic E-state index is 0.0167. The van der Waals surface area contributed by atoms with E-state index in [4.69, 9.17) is 0 Å². The van der Waals surface area contributed by atoms with Crippen LogP contribution in [-0.4, -0.2) is 42.6 Å². The molecule has 1 amide bonds. The molecule has 0 aromatic carbocycles. The second kappa shape index (κ2) is 9.15. The van der Waals surface area contributed by atoms with Gasteiger partial charge in [0.2, 0.25) is 5.91 Å². The summed E-state index contributed by atoms with van der Waals surface area (Å²) in [5.41, 5.74) is 1.05. The average molecular weight is 293 g/mol. The lowest BCUT2D eigenvalue weighted by molar-refractivity contribution is -0.119. The van der Waals surface area contributed by atoms with Gasteiger partial charge in [0, 0.05) is 25.7 Å². The number of nitrogens with zero attached hydrogens (tertiary/aromatic N) is 3. The van der Waals surface area contributed by atoms with Crippen LogP contribution in [0.25, 0.3) is 0 Å². The molecule has 0 atom stereocenters.